The highest BCUT2D eigenvalue weighted by Crippen LogP contribution is 2.31. The fourth-order valence-corrected chi connectivity index (χ4v) is 3.41. The second-order valence-electron chi connectivity index (χ2n) is 6.33. The first kappa shape index (κ1) is 16.0. The third kappa shape index (κ3) is 2.84. The molecule has 2 aromatic heterocycles. The standard InChI is InChI=1S/C18H16N6O2/c19-10-13-9-14(24(25)26)11-20-18(13)23-7-5-12(6-8-23)17-21-15-3-1-2-4-16(15)22-17/h1-4,9,11-12H,5-8H2,(H,21,22). The fourth-order valence-electron chi connectivity index (χ4n) is 3.41. The first-order valence-corrected chi connectivity index (χ1v) is 8.40. The van der Waals surface area contributed by atoms with Gasteiger partial charge in [0.1, 0.15) is 29.5 Å². The van der Waals surface area contributed by atoms with Crippen LogP contribution in [0.25, 0.3) is 11.0 Å². The summed E-state index contributed by atoms with van der Waals surface area (Å²) in [6.07, 6.45) is 2.97. The molecule has 0 unspecified atom stereocenters. The van der Waals surface area contributed by atoms with Crippen molar-refractivity contribution in [1.82, 2.24) is 15.0 Å². The number of nitriles is 1. The van der Waals surface area contributed by atoms with E-state index < -0.39 is 4.92 Å². The molecule has 4 rings (SSSR count). The number of para-hydroxylation sites is 2. The van der Waals surface area contributed by atoms with E-state index in [2.05, 4.69) is 15.0 Å². The van der Waals surface area contributed by atoms with Gasteiger partial charge in [-0.2, -0.15) is 5.26 Å². The molecule has 1 fully saturated rings. The number of aromatic amines is 1. The van der Waals surface area contributed by atoms with Crippen LogP contribution >= 0.6 is 0 Å². The lowest BCUT2D eigenvalue weighted by Crippen LogP contribution is -2.34. The Morgan fingerprint density at radius 3 is 2.77 bits per heavy atom. The number of anilines is 1. The number of piperidine rings is 1. The van der Waals surface area contributed by atoms with Gasteiger partial charge in [0.2, 0.25) is 0 Å². The van der Waals surface area contributed by atoms with E-state index in [0.29, 0.717) is 11.7 Å². The molecule has 1 aromatic carbocycles. The molecule has 3 heterocycles. The summed E-state index contributed by atoms with van der Waals surface area (Å²) in [5.41, 5.74) is 2.08. The van der Waals surface area contributed by atoms with Crippen LogP contribution in [0.5, 0.6) is 0 Å². The first-order valence-electron chi connectivity index (χ1n) is 8.40. The predicted octanol–water partition coefficient (Wildman–Crippen LogP) is 3.12. The van der Waals surface area contributed by atoms with Crippen molar-refractivity contribution in [2.75, 3.05) is 18.0 Å². The number of fused-ring (bicyclic) bond motifs is 1. The summed E-state index contributed by atoms with van der Waals surface area (Å²) in [6, 6.07) is 11.3. The fraction of sp³-hybridized carbons (Fsp3) is 0.278. The number of nitrogens with zero attached hydrogens (tertiary/aromatic N) is 5. The zero-order valence-corrected chi connectivity index (χ0v) is 13.9. The van der Waals surface area contributed by atoms with Crippen molar-refractivity contribution in [1.29, 1.82) is 5.26 Å². The van der Waals surface area contributed by atoms with Crippen LogP contribution in [0.4, 0.5) is 11.5 Å². The second-order valence-corrected chi connectivity index (χ2v) is 6.33. The molecule has 26 heavy (non-hydrogen) atoms. The molecule has 1 N–H and O–H groups in total. The Morgan fingerprint density at radius 1 is 1.31 bits per heavy atom. The van der Waals surface area contributed by atoms with E-state index in [0.717, 1.165) is 42.8 Å². The van der Waals surface area contributed by atoms with Crippen molar-refractivity contribution in [2.45, 2.75) is 18.8 Å². The van der Waals surface area contributed by atoms with E-state index in [1.54, 1.807) is 0 Å². The molecular formula is C18H16N6O2. The number of nitrogens with one attached hydrogen (secondary N) is 1. The average molecular weight is 348 g/mol. The number of H-pyrrole nitrogens is 1. The number of pyridine rings is 1. The van der Waals surface area contributed by atoms with Crippen LogP contribution < -0.4 is 4.90 Å². The van der Waals surface area contributed by atoms with E-state index in [1.807, 2.05) is 35.2 Å². The summed E-state index contributed by atoms with van der Waals surface area (Å²) in [7, 11) is 0. The third-order valence-corrected chi connectivity index (χ3v) is 4.77. The third-order valence-electron chi connectivity index (χ3n) is 4.77. The highest BCUT2D eigenvalue weighted by atomic mass is 16.6. The Bertz CT molecular complexity index is 981. The number of nitro groups is 1. The van der Waals surface area contributed by atoms with E-state index in [9.17, 15) is 15.4 Å². The van der Waals surface area contributed by atoms with Crippen LogP contribution in [0.3, 0.4) is 0 Å². The Labute approximate surface area is 149 Å². The van der Waals surface area contributed by atoms with E-state index >= 15 is 0 Å². The minimum Gasteiger partial charge on any atom is -0.355 e. The zero-order chi connectivity index (χ0) is 18.1. The van der Waals surface area contributed by atoms with Gasteiger partial charge in [-0.3, -0.25) is 10.1 Å². The Morgan fingerprint density at radius 2 is 2.08 bits per heavy atom. The number of hydrogen-bond donors (Lipinski definition) is 1. The van der Waals surface area contributed by atoms with Crippen LogP contribution in [0.1, 0.15) is 30.1 Å². The normalized spacial score (nSPS) is 15.1. The minimum absolute atomic E-state index is 0.164. The molecule has 0 saturated carbocycles. The number of rotatable bonds is 3. The topological polar surface area (TPSA) is 112 Å². The molecule has 0 amide bonds. The van der Waals surface area contributed by atoms with Crippen molar-refractivity contribution in [2.24, 2.45) is 0 Å². The smallest absolute Gasteiger partial charge is 0.289 e. The SMILES string of the molecule is N#Cc1cc([N+](=O)[O-])cnc1N1CCC(c2nc3ccccc3[nH]2)CC1. The minimum atomic E-state index is -0.536. The summed E-state index contributed by atoms with van der Waals surface area (Å²) < 4.78 is 0. The number of benzene rings is 1. The van der Waals surface area contributed by atoms with Gasteiger partial charge in [-0.05, 0) is 25.0 Å². The lowest BCUT2D eigenvalue weighted by atomic mass is 9.96. The number of imidazole rings is 1. The van der Waals surface area contributed by atoms with Crippen LogP contribution in [-0.2, 0) is 0 Å². The Balaban J connectivity index is 1.51. The summed E-state index contributed by atoms with van der Waals surface area (Å²) in [5.74, 6) is 1.83. The maximum atomic E-state index is 10.9. The van der Waals surface area contributed by atoms with Gasteiger partial charge in [-0.15, -0.1) is 0 Å². The Hall–Kier alpha value is -3.47. The molecule has 0 radical (unpaired) electrons. The molecular weight excluding hydrogens is 332 g/mol. The van der Waals surface area contributed by atoms with Crippen LogP contribution in [0.2, 0.25) is 0 Å². The van der Waals surface area contributed by atoms with Gasteiger partial charge in [0.15, 0.2) is 0 Å². The number of aromatic nitrogens is 3. The molecule has 130 valence electrons. The van der Waals surface area contributed by atoms with Crippen LogP contribution in [0.15, 0.2) is 36.5 Å². The molecule has 0 spiro atoms. The molecule has 0 aliphatic carbocycles. The Kier molecular flexibility index (Phi) is 3.97. The van der Waals surface area contributed by atoms with Crippen LogP contribution in [-0.4, -0.2) is 33.0 Å². The maximum absolute atomic E-state index is 10.9. The quantitative estimate of drug-likeness (QED) is 0.575. The maximum Gasteiger partial charge on any atom is 0.289 e. The van der Waals surface area contributed by atoms with Gasteiger partial charge in [0.05, 0.1) is 16.0 Å². The lowest BCUT2D eigenvalue weighted by molar-refractivity contribution is -0.385. The van der Waals surface area contributed by atoms with Gasteiger partial charge in [0.25, 0.3) is 5.69 Å². The van der Waals surface area contributed by atoms with Gasteiger partial charge >= 0.3 is 0 Å². The highest BCUT2D eigenvalue weighted by Gasteiger charge is 2.26. The van der Waals surface area contributed by atoms with Crippen molar-refractivity contribution in [3.8, 4) is 6.07 Å². The summed E-state index contributed by atoms with van der Waals surface area (Å²) in [6.45, 7) is 1.45. The van der Waals surface area contributed by atoms with Crippen LogP contribution in [0, 0.1) is 21.4 Å². The largest absolute Gasteiger partial charge is 0.355 e. The molecule has 0 atom stereocenters. The molecule has 3 aromatic rings. The van der Waals surface area contributed by atoms with Crippen molar-refractivity contribution in [3.05, 3.63) is 58.0 Å². The average Bonchev–Trinajstić information content (AvgIpc) is 3.12. The molecule has 1 saturated heterocycles. The predicted molar refractivity (Wildman–Crippen MR) is 95.9 cm³/mol. The zero-order valence-electron chi connectivity index (χ0n) is 13.9. The second kappa shape index (κ2) is 6.44. The molecule has 8 nitrogen and oxygen atoms in total. The van der Waals surface area contributed by atoms with E-state index in [1.165, 1.54) is 12.3 Å². The summed E-state index contributed by atoms with van der Waals surface area (Å²) >= 11 is 0. The summed E-state index contributed by atoms with van der Waals surface area (Å²) in [4.78, 5) is 24.6. The molecule has 8 heteroatoms. The van der Waals surface area contributed by atoms with E-state index in [4.69, 9.17) is 0 Å². The van der Waals surface area contributed by atoms with Gasteiger partial charge in [-0.25, -0.2) is 9.97 Å². The molecule has 1 aliphatic rings. The first-order chi connectivity index (χ1) is 12.7. The van der Waals surface area contributed by atoms with E-state index in [-0.39, 0.29) is 11.3 Å². The van der Waals surface area contributed by atoms with Gasteiger partial charge < -0.3 is 9.88 Å². The number of hydrogen-bond acceptors (Lipinski definition) is 6. The summed E-state index contributed by atoms with van der Waals surface area (Å²) in [5, 5.41) is 20.2. The molecule has 1 aliphatic heterocycles. The van der Waals surface area contributed by atoms with Crippen molar-refractivity contribution in [3.63, 3.8) is 0 Å². The molecule has 0 bridgehead atoms. The highest BCUT2D eigenvalue weighted by molar-refractivity contribution is 5.74. The monoisotopic (exact) mass is 348 g/mol. The van der Waals surface area contributed by atoms with Gasteiger partial charge in [-0.1, -0.05) is 12.1 Å². The lowest BCUT2D eigenvalue weighted by Gasteiger charge is -2.32. The van der Waals surface area contributed by atoms with Crippen molar-refractivity contribution < 1.29 is 4.92 Å². The van der Waals surface area contributed by atoms with Gasteiger partial charge in [0, 0.05) is 25.1 Å². The van der Waals surface area contributed by atoms with Crippen molar-refractivity contribution >= 4 is 22.5 Å².